The van der Waals surface area contributed by atoms with Gasteiger partial charge in [0.25, 0.3) is 5.91 Å². The maximum Gasteiger partial charge on any atom is 0.336 e. The van der Waals surface area contributed by atoms with Crippen molar-refractivity contribution >= 4 is 11.9 Å². The predicted molar refractivity (Wildman–Crippen MR) is 102 cm³/mol. The van der Waals surface area contributed by atoms with Gasteiger partial charge >= 0.3 is 6.03 Å². The van der Waals surface area contributed by atoms with E-state index in [0.29, 0.717) is 19.7 Å². The van der Waals surface area contributed by atoms with Crippen molar-refractivity contribution in [3.63, 3.8) is 0 Å². The van der Waals surface area contributed by atoms with Crippen LogP contribution in [0.25, 0.3) is 0 Å². The number of amides is 3. The first-order valence-electron chi connectivity index (χ1n) is 9.13. The van der Waals surface area contributed by atoms with E-state index in [-0.39, 0.29) is 11.6 Å². The first-order chi connectivity index (χ1) is 13.6. The summed E-state index contributed by atoms with van der Waals surface area (Å²) in [6.45, 7) is 3.96. The summed E-state index contributed by atoms with van der Waals surface area (Å²) in [5, 5.41) is 0. The molecule has 148 valence electrons. The molecular formula is C20H23FN4O3. The number of benzene rings is 2. The summed E-state index contributed by atoms with van der Waals surface area (Å²) in [6, 6.07) is 14.4. The van der Waals surface area contributed by atoms with E-state index in [9.17, 15) is 14.0 Å². The minimum atomic E-state index is -0.495. The first kappa shape index (κ1) is 19.6. The van der Waals surface area contributed by atoms with Crippen molar-refractivity contribution in [1.29, 1.82) is 0 Å². The maximum absolute atomic E-state index is 12.9. The Labute approximate surface area is 163 Å². The monoisotopic (exact) mass is 386 g/mol. The second-order valence-corrected chi connectivity index (χ2v) is 6.38. The number of ether oxygens (including phenoxy) is 1. The summed E-state index contributed by atoms with van der Waals surface area (Å²) in [6.07, 6.45) is 0. The Bertz CT molecular complexity index is 778. The summed E-state index contributed by atoms with van der Waals surface area (Å²) in [4.78, 5) is 28.0. The summed E-state index contributed by atoms with van der Waals surface area (Å²) >= 11 is 0. The Morgan fingerprint density at radius 2 is 1.61 bits per heavy atom. The Balaban J connectivity index is 1.34. The number of nitrogens with one attached hydrogen (secondary N) is 2. The van der Waals surface area contributed by atoms with Gasteiger partial charge in [-0.1, -0.05) is 18.2 Å². The average molecular weight is 386 g/mol. The van der Waals surface area contributed by atoms with E-state index in [2.05, 4.69) is 15.8 Å². The minimum Gasteiger partial charge on any atom is -0.492 e. The molecule has 0 unspecified atom stereocenters. The fourth-order valence-corrected chi connectivity index (χ4v) is 2.85. The summed E-state index contributed by atoms with van der Waals surface area (Å²) < 4.78 is 18.6. The van der Waals surface area contributed by atoms with Crippen LogP contribution in [0.15, 0.2) is 54.6 Å². The summed E-state index contributed by atoms with van der Waals surface area (Å²) in [5.74, 6) is -0.0740. The summed E-state index contributed by atoms with van der Waals surface area (Å²) in [7, 11) is 0. The Morgan fingerprint density at radius 1 is 0.929 bits per heavy atom. The second kappa shape index (κ2) is 9.70. The van der Waals surface area contributed by atoms with Gasteiger partial charge in [-0.15, -0.1) is 0 Å². The van der Waals surface area contributed by atoms with Crippen molar-refractivity contribution in [3.05, 3.63) is 66.0 Å². The van der Waals surface area contributed by atoms with Crippen LogP contribution in [0.2, 0.25) is 0 Å². The molecule has 3 amide bonds. The highest BCUT2D eigenvalue weighted by atomic mass is 19.1. The molecule has 1 aliphatic heterocycles. The van der Waals surface area contributed by atoms with E-state index < -0.39 is 11.7 Å². The number of urea groups is 1. The van der Waals surface area contributed by atoms with Gasteiger partial charge in [0, 0.05) is 38.3 Å². The molecule has 0 spiro atoms. The lowest BCUT2D eigenvalue weighted by molar-refractivity contribution is 0.0916. The van der Waals surface area contributed by atoms with E-state index in [4.69, 9.17) is 4.74 Å². The number of hydrazine groups is 1. The van der Waals surface area contributed by atoms with Gasteiger partial charge in [-0.05, 0) is 36.4 Å². The van der Waals surface area contributed by atoms with E-state index in [0.717, 1.165) is 25.4 Å². The molecule has 28 heavy (non-hydrogen) atoms. The molecule has 0 atom stereocenters. The molecule has 7 nitrogen and oxygen atoms in total. The highest BCUT2D eigenvalue weighted by Crippen LogP contribution is 2.09. The van der Waals surface area contributed by atoms with E-state index in [1.807, 2.05) is 30.3 Å². The van der Waals surface area contributed by atoms with Crippen molar-refractivity contribution in [3.8, 4) is 5.75 Å². The molecule has 0 saturated carbocycles. The van der Waals surface area contributed by atoms with Gasteiger partial charge < -0.3 is 9.64 Å². The second-order valence-electron chi connectivity index (χ2n) is 6.38. The molecule has 3 rings (SSSR count). The van der Waals surface area contributed by atoms with Gasteiger partial charge in [-0.3, -0.25) is 15.1 Å². The Morgan fingerprint density at radius 3 is 2.29 bits per heavy atom. The fourth-order valence-electron chi connectivity index (χ4n) is 2.85. The van der Waals surface area contributed by atoms with Crippen molar-refractivity contribution in [1.82, 2.24) is 20.7 Å². The Kier molecular flexibility index (Phi) is 6.80. The zero-order chi connectivity index (χ0) is 19.8. The zero-order valence-electron chi connectivity index (χ0n) is 15.4. The third-order valence-corrected chi connectivity index (χ3v) is 4.47. The van der Waals surface area contributed by atoms with Gasteiger partial charge in [-0.25, -0.2) is 14.6 Å². The number of nitrogens with zero attached hydrogens (tertiary/aromatic N) is 2. The third kappa shape index (κ3) is 5.68. The quantitative estimate of drug-likeness (QED) is 0.770. The lowest BCUT2D eigenvalue weighted by Gasteiger charge is -2.34. The lowest BCUT2D eigenvalue weighted by Crippen LogP contribution is -2.55. The van der Waals surface area contributed by atoms with Gasteiger partial charge in [0.15, 0.2) is 0 Å². The highest BCUT2D eigenvalue weighted by Gasteiger charge is 2.21. The average Bonchev–Trinajstić information content (AvgIpc) is 2.73. The van der Waals surface area contributed by atoms with Crippen LogP contribution in [0, 0.1) is 5.82 Å². The number of para-hydroxylation sites is 1. The van der Waals surface area contributed by atoms with Crippen LogP contribution in [0.1, 0.15) is 10.4 Å². The van der Waals surface area contributed by atoms with Gasteiger partial charge in [0.2, 0.25) is 0 Å². The minimum absolute atomic E-state index is 0.268. The van der Waals surface area contributed by atoms with Gasteiger partial charge in [-0.2, -0.15) is 0 Å². The number of halogens is 1. The largest absolute Gasteiger partial charge is 0.492 e. The fraction of sp³-hybridized carbons (Fsp3) is 0.300. The molecule has 2 aromatic carbocycles. The predicted octanol–water partition coefficient (Wildman–Crippen LogP) is 1.88. The van der Waals surface area contributed by atoms with Crippen LogP contribution in [0.4, 0.5) is 9.18 Å². The number of hydrogen-bond donors (Lipinski definition) is 2. The van der Waals surface area contributed by atoms with Crippen molar-refractivity contribution < 1.29 is 18.7 Å². The van der Waals surface area contributed by atoms with Gasteiger partial charge in [0.1, 0.15) is 18.2 Å². The smallest absolute Gasteiger partial charge is 0.336 e. The molecule has 2 N–H and O–H groups in total. The van der Waals surface area contributed by atoms with E-state index >= 15 is 0 Å². The van der Waals surface area contributed by atoms with E-state index in [1.165, 1.54) is 24.3 Å². The normalized spacial score (nSPS) is 14.4. The van der Waals surface area contributed by atoms with Crippen LogP contribution < -0.4 is 15.6 Å². The molecule has 0 radical (unpaired) electrons. The molecule has 1 aliphatic rings. The molecular weight excluding hydrogens is 363 g/mol. The SMILES string of the molecule is O=C(NNC(=O)N1CCN(CCOc2ccccc2)CC1)c1ccc(F)cc1. The number of piperazine rings is 1. The maximum atomic E-state index is 12.9. The molecule has 1 heterocycles. The van der Waals surface area contributed by atoms with Crippen molar-refractivity contribution in [2.45, 2.75) is 0 Å². The van der Waals surface area contributed by atoms with Crippen LogP contribution in [0.5, 0.6) is 5.75 Å². The Hall–Kier alpha value is -3.13. The summed E-state index contributed by atoms with van der Waals surface area (Å²) in [5.41, 5.74) is 5.01. The number of rotatable bonds is 5. The number of carbonyl (C=O) groups is 2. The lowest BCUT2D eigenvalue weighted by atomic mass is 10.2. The molecule has 2 aromatic rings. The molecule has 1 fully saturated rings. The molecule has 1 saturated heterocycles. The topological polar surface area (TPSA) is 73.9 Å². The third-order valence-electron chi connectivity index (χ3n) is 4.47. The molecule has 8 heteroatoms. The van der Waals surface area contributed by atoms with E-state index in [1.54, 1.807) is 4.90 Å². The molecule has 0 aromatic heterocycles. The highest BCUT2D eigenvalue weighted by molar-refractivity contribution is 5.95. The molecule has 0 bridgehead atoms. The van der Waals surface area contributed by atoms with Crippen LogP contribution in [0.3, 0.4) is 0 Å². The van der Waals surface area contributed by atoms with Crippen molar-refractivity contribution in [2.24, 2.45) is 0 Å². The zero-order valence-corrected chi connectivity index (χ0v) is 15.4. The number of carbonyl (C=O) groups excluding carboxylic acids is 2. The van der Waals surface area contributed by atoms with Crippen molar-refractivity contribution in [2.75, 3.05) is 39.3 Å². The standard InChI is InChI=1S/C20H23FN4O3/c21-17-8-6-16(7-9-17)19(26)22-23-20(27)25-12-10-24(11-13-25)14-15-28-18-4-2-1-3-5-18/h1-9H,10-15H2,(H,22,26)(H,23,27). The van der Waals surface area contributed by atoms with Gasteiger partial charge in [0.05, 0.1) is 0 Å². The van der Waals surface area contributed by atoms with Crippen LogP contribution in [-0.4, -0.2) is 61.1 Å². The first-order valence-corrected chi connectivity index (χ1v) is 9.13. The van der Waals surface area contributed by atoms with Crippen LogP contribution in [-0.2, 0) is 0 Å². The van der Waals surface area contributed by atoms with Crippen LogP contribution >= 0.6 is 0 Å². The number of hydrogen-bond acceptors (Lipinski definition) is 4. The molecule has 0 aliphatic carbocycles.